The second-order valence-electron chi connectivity index (χ2n) is 8.79. The Bertz CT molecular complexity index is 708. The zero-order valence-corrected chi connectivity index (χ0v) is 22.2. The fourth-order valence-corrected chi connectivity index (χ4v) is 3.88. The second kappa shape index (κ2) is 14.2. The van der Waals surface area contributed by atoms with Crippen LogP contribution in [0.2, 0.25) is 0 Å². The van der Waals surface area contributed by atoms with Crippen molar-refractivity contribution in [1.82, 2.24) is 20.4 Å². The van der Waals surface area contributed by atoms with Crippen LogP contribution in [0.3, 0.4) is 0 Å². The molecular weight excluding hydrogens is 520 g/mol. The molecule has 1 aliphatic carbocycles. The van der Waals surface area contributed by atoms with Gasteiger partial charge in [0.05, 0.1) is 12.6 Å². The van der Waals surface area contributed by atoms with Gasteiger partial charge in [-0.1, -0.05) is 13.0 Å². The Labute approximate surface area is 210 Å². The van der Waals surface area contributed by atoms with Gasteiger partial charge in [0.1, 0.15) is 0 Å². The Morgan fingerprint density at radius 3 is 2.53 bits per heavy atom. The number of likely N-dealkylation sites (N-methyl/N-ethyl adjacent to an activating group) is 1. The molecule has 1 saturated carbocycles. The average molecular weight is 562 g/mol. The highest BCUT2D eigenvalue weighted by Gasteiger charge is 2.22. The lowest BCUT2D eigenvalue weighted by molar-refractivity contribution is 0.136. The normalized spacial score (nSPS) is 18.7. The van der Waals surface area contributed by atoms with E-state index in [0.29, 0.717) is 18.3 Å². The summed E-state index contributed by atoms with van der Waals surface area (Å²) in [6, 6.07) is 5.18. The Morgan fingerprint density at radius 1 is 1.19 bits per heavy atom. The van der Waals surface area contributed by atoms with Gasteiger partial charge >= 0.3 is 0 Å². The zero-order valence-electron chi connectivity index (χ0n) is 19.9. The van der Waals surface area contributed by atoms with Crippen LogP contribution < -0.4 is 15.4 Å². The minimum absolute atomic E-state index is 0. The highest BCUT2D eigenvalue weighted by molar-refractivity contribution is 14.0. The summed E-state index contributed by atoms with van der Waals surface area (Å²) in [7, 11) is 1.77. The van der Waals surface area contributed by atoms with E-state index in [1.807, 2.05) is 13.0 Å². The fourth-order valence-electron chi connectivity index (χ4n) is 3.88. The van der Waals surface area contributed by atoms with Crippen molar-refractivity contribution in [3.8, 4) is 5.75 Å². The van der Waals surface area contributed by atoms with Crippen LogP contribution in [0, 0.1) is 11.7 Å². The molecule has 0 amide bonds. The number of halogens is 2. The summed E-state index contributed by atoms with van der Waals surface area (Å²) < 4.78 is 20.0. The maximum absolute atomic E-state index is 14.4. The first-order chi connectivity index (χ1) is 15.1. The molecule has 2 fully saturated rings. The maximum Gasteiger partial charge on any atom is 0.191 e. The summed E-state index contributed by atoms with van der Waals surface area (Å²) in [5.41, 5.74) is 0.880. The van der Waals surface area contributed by atoms with Gasteiger partial charge in [0.15, 0.2) is 17.5 Å². The van der Waals surface area contributed by atoms with Crippen molar-refractivity contribution in [2.75, 3.05) is 59.5 Å². The van der Waals surface area contributed by atoms with Gasteiger partial charge in [-0.25, -0.2) is 4.39 Å². The first-order valence-electron chi connectivity index (χ1n) is 11.9. The smallest absolute Gasteiger partial charge is 0.191 e. The van der Waals surface area contributed by atoms with Crippen molar-refractivity contribution in [1.29, 1.82) is 0 Å². The van der Waals surface area contributed by atoms with Gasteiger partial charge in [-0.2, -0.15) is 0 Å². The molecule has 2 N–H and O–H groups in total. The van der Waals surface area contributed by atoms with E-state index in [2.05, 4.69) is 32.3 Å². The first-order valence-corrected chi connectivity index (χ1v) is 11.9. The SMILES string of the molecule is CCN1CCN(CCCCNC(=NC)NC(C)c2ccc(OCC3CC3)c(F)c2)CC1.I. The lowest BCUT2D eigenvalue weighted by Gasteiger charge is -2.34. The van der Waals surface area contributed by atoms with Crippen molar-refractivity contribution in [2.24, 2.45) is 10.9 Å². The topological polar surface area (TPSA) is 52.1 Å². The highest BCUT2D eigenvalue weighted by atomic mass is 127. The molecule has 32 heavy (non-hydrogen) atoms. The van der Waals surface area contributed by atoms with E-state index in [-0.39, 0.29) is 35.8 Å². The third kappa shape index (κ3) is 9.02. The van der Waals surface area contributed by atoms with Crippen molar-refractivity contribution in [3.63, 3.8) is 0 Å². The minimum atomic E-state index is -0.297. The number of guanidine groups is 1. The molecule has 0 aromatic heterocycles. The average Bonchev–Trinajstić information content (AvgIpc) is 3.62. The third-order valence-corrected chi connectivity index (χ3v) is 6.31. The third-order valence-electron chi connectivity index (χ3n) is 6.31. The van der Waals surface area contributed by atoms with Crippen LogP contribution in [0.25, 0.3) is 0 Å². The van der Waals surface area contributed by atoms with Gasteiger partial charge in [0.2, 0.25) is 0 Å². The molecule has 1 heterocycles. The van der Waals surface area contributed by atoms with Gasteiger partial charge in [0, 0.05) is 39.8 Å². The van der Waals surface area contributed by atoms with Gasteiger partial charge in [-0.3, -0.25) is 4.99 Å². The Morgan fingerprint density at radius 2 is 1.91 bits per heavy atom. The maximum atomic E-state index is 14.4. The van der Waals surface area contributed by atoms with Crippen LogP contribution in [-0.4, -0.2) is 75.2 Å². The Hall–Kier alpha value is -1.13. The van der Waals surface area contributed by atoms with Crippen LogP contribution >= 0.6 is 24.0 Å². The number of unbranched alkanes of at least 4 members (excludes halogenated alkanes) is 1. The summed E-state index contributed by atoms with van der Waals surface area (Å²) in [6.07, 6.45) is 4.68. The number of nitrogens with zero attached hydrogens (tertiary/aromatic N) is 3. The molecule has 8 heteroatoms. The van der Waals surface area contributed by atoms with Crippen molar-refractivity contribution < 1.29 is 9.13 Å². The van der Waals surface area contributed by atoms with Gasteiger partial charge in [-0.15, -0.1) is 24.0 Å². The molecule has 1 unspecified atom stereocenters. The molecule has 0 spiro atoms. The number of benzene rings is 1. The largest absolute Gasteiger partial charge is 0.490 e. The Balaban J connectivity index is 0.00000363. The van der Waals surface area contributed by atoms with E-state index in [1.165, 1.54) is 45.4 Å². The second-order valence-corrected chi connectivity index (χ2v) is 8.79. The summed E-state index contributed by atoms with van der Waals surface area (Å²) in [5.74, 6) is 1.41. The van der Waals surface area contributed by atoms with E-state index in [0.717, 1.165) is 37.6 Å². The van der Waals surface area contributed by atoms with E-state index in [1.54, 1.807) is 19.2 Å². The molecule has 1 aromatic rings. The first kappa shape index (κ1) is 27.1. The molecule has 182 valence electrons. The van der Waals surface area contributed by atoms with Gasteiger partial charge in [-0.05, 0) is 69.3 Å². The fraction of sp³-hybridized carbons (Fsp3) is 0.708. The molecule has 1 atom stereocenters. The number of hydrogen-bond acceptors (Lipinski definition) is 4. The van der Waals surface area contributed by atoms with Crippen LogP contribution in [-0.2, 0) is 0 Å². The minimum Gasteiger partial charge on any atom is -0.490 e. The Kier molecular flexibility index (Phi) is 12.0. The van der Waals surface area contributed by atoms with E-state index in [4.69, 9.17) is 4.74 Å². The molecule has 0 bridgehead atoms. The van der Waals surface area contributed by atoms with E-state index in [9.17, 15) is 4.39 Å². The number of nitrogens with one attached hydrogen (secondary N) is 2. The number of ether oxygens (including phenoxy) is 1. The van der Waals surface area contributed by atoms with Gasteiger partial charge in [0.25, 0.3) is 0 Å². The molecule has 1 aliphatic heterocycles. The van der Waals surface area contributed by atoms with E-state index >= 15 is 0 Å². The van der Waals surface area contributed by atoms with Crippen LogP contribution in [0.1, 0.15) is 51.1 Å². The molecular formula is C24H41FIN5O. The summed E-state index contributed by atoms with van der Waals surface area (Å²) in [6.45, 7) is 12.8. The lowest BCUT2D eigenvalue weighted by atomic mass is 10.1. The zero-order chi connectivity index (χ0) is 22.1. The van der Waals surface area contributed by atoms with Gasteiger partial charge < -0.3 is 25.2 Å². The van der Waals surface area contributed by atoms with Crippen LogP contribution in [0.5, 0.6) is 5.75 Å². The van der Waals surface area contributed by atoms with Crippen molar-refractivity contribution >= 4 is 29.9 Å². The molecule has 1 saturated heterocycles. The van der Waals surface area contributed by atoms with E-state index < -0.39 is 0 Å². The molecule has 0 radical (unpaired) electrons. The number of hydrogen-bond donors (Lipinski definition) is 2. The van der Waals surface area contributed by atoms with Crippen LogP contribution in [0.15, 0.2) is 23.2 Å². The predicted octanol–water partition coefficient (Wildman–Crippen LogP) is 3.88. The highest BCUT2D eigenvalue weighted by Crippen LogP contribution is 2.30. The standard InChI is InChI=1S/C24H40FN5O.HI/c1-4-29-13-15-30(16-14-29)12-6-5-11-27-24(26-3)28-19(2)21-9-10-23(22(25)17-21)31-18-20-7-8-20;/h9-10,17,19-20H,4-8,11-16,18H2,1-3H3,(H2,26,27,28);1H. The monoisotopic (exact) mass is 561 g/mol. The molecule has 2 aliphatic rings. The summed E-state index contributed by atoms with van der Waals surface area (Å²) in [5, 5.41) is 6.74. The predicted molar refractivity (Wildman–Crippen MR) is 141 cm³/mol. The summed E-state index contributed by atoms with van der Waals surface area (Å²) >= 11 is 0. The number of rotatable bonds is 11. The quantitative estimate of drug-likeness (QED) is 0.186. The van der Waals surface area contributed by atoms with Crippen molar-refractivity contribution in [2.45, 2.75) is 45.6 Å². The molecule has 1 aromatic carbocycles. The number of piperazine rings is 1. The molecule has 6 nitrogen and oxygen atoms in total. The van der Waals surface area contributed by atoms with Crippen LogP contribution in [0.4, 0.5) is 4.39 Å². The molecule has 3 rings (SSSR count). The lowest BCUT2D eigenvalue weighted by Crippen LogP contribution is -2.46. The number of aliphatic imine (C=N–C) groups is 1. The summed E-state index contributed by atoms with van der Waals surface area (Å²) in [4.78, 5) is 9.39. The van der Waals surface area contributed by atoms with Crippen molar-refractivity contribution in [3.05, 3.63) is 29.6 Å².